The van der Waals surface area contributed by atoms with E-state index in [9.17, 15) is 19.3 Å². The molecule has 0 amide bonds. The third-order valence-corrected chi connectivity index (χ3v) is 3.66. The molecule has 0 bridgehead atoms. The van der Waals surface area contributed by atoms with Gasteiger partial charge in [-0.2, -0.15) is 0 Å². The van der Waals surface area contributed by atoms with Crippen molar-refractivity contribution in [1.82, 2.24) is 0 Å². The molecule has 1 aromatic carbocycles. The molecule has 1 aliphatic carbocycles. The lowest BCUT2D eigenvalue weighted by molar-refractivity contribution is -0.384. The average molecular weight is 347 g/mol. The van der Waals surface area contributed by atoms with E-state index < -0.39 is 23.3 Å². The largest absolute Gasteiger partial charge is 0.480 e. The molecule has 1 fully saturated rings. The van der Waals surface area contributed by atoms with E-state index in [4.69, 9.17) is 5.11 Å². The summed E-state index contributed by atoms with van der Waals surface area (Å²) in [6.07, 6.45) is 1.92. The highest BCUT2D eigenvalue weighted by atomic mass is 79.9. The number of nitro benzene ring substituents is 1. The molecule has 1 saturated carbocycles. The van der Waals surface area contributed by atoms with Crippen LogP contribution in [-0.2, 0) is 4.79 Å². The highest BCUT2D eigenvalue weighted by molar-refractivity contribution is 9.10. The Labute approximate surface area is 122 Å². The number of aliphatic carboxylic acids is 1. The Hall–Kier alpha value is -1.70. The first-order valence-electron chi connectivity index (χ1n) is 5.98. The molecule has 0 aromatic heterocycles. The zero-order chi connectivity index (χ0) is 14.9. The number of benzene rings is 1. The van der Waals surface area contributed by atoms with Crippen LogP contribution in [0.5, 0.6) is 0 Å². The molecule has 0 radical (unpaired) electrons. The lowest BCUT2D eigenvalue weighted by Gasteiger charge is -2.22. The van der Waals surface area contributed by atoms with E-state index in [1.165, 1.54) is 4.90 Å². The van der Waals surface area contributed by atoms with Gasteiger partial charge >= 0.3 is 5.97 Å². The Morgan fingerprint density at radius 1 is 1.55 bits per heavy atom. The van der Waals surface area contributed by atoms with Gasteiger partial charge in [0.05, 0.1) is 9.40 Å². The van der Waals surface area contributed by atoms with Crippen molar-refractivity contribution in [1.29, 1.82) is 0 Å². The topological polar surface area (TPSA) is 83.7 Å². The van der Waals surface area contributed by atoms with Crippen molar-refractivity contribution in [2.24, 2.45) is 5.92 Å². The highest BCUT2D eigenvalue weighted by Gasteiger charge is 2.29. The van der Waals surface area contributed by atoms with Crippen LogP contribution in [0.4, 0.5) is 15.8 Å². The van der Waals surface area contributed by atoms with E-state index in [2.05, 4.69) is 15.9 Å². The van der Waals surface area contributed by atoms with Gasteiger partial charge in [-0.1, -0.05) is 0 Å². The van der Waals surface area contributed by atoms with Gasteiger partial charge in [0.15, 0.2) is 0 Å². The average Bonchev–Trinajstić information content (AvgIpc) is 3.14. The summed E-state index contributed by atoms with van der Waals surface area (Å²) in [6.45, 7) is -0.00732. The van der Waals surface area contributed by atoms with Crippen LogP contribution >= 0.6 is 15.9 Å². The molecule has 20 heavy (non-hydrogen) atoms. The Balaban J connectivity index is 2.41. The number of nitrogens with zero attached hydrogens (tertiary/aromatic N) is 2. The maximum atomic E-state index is 13.6. The second-order valence-electron chi connectivity index (χ2n) is 4.73. The summed E-state index contributed by atoms with van der Waals surface area (Å²) in [5.41, 5.74) is -0.301. The molecule has 8 heteroatoms. The van der Waals surface area contributed by atoms with Gasteiger partial charge in [-0.15, -0.1) is 0 Å². The van der Waals surface area contributed by atoms with Crippen molar-refractivity contribution in [3.05, 3.63) is 32.5 Å². The molecule has 0 heterocycles. The summed E-state index contributed by atoms with van der Waals surface area (Å²) in [5.74, 6) is -1.44. The van der Waals surface area contributed by atoms with Crippen molar-refractivity contribution in [2.45, 2.75) is 12.8 Å². The van der Waals surface area contributed by atoms with E-state index in [-0.39, 0.29) is 15.8 Å². The van der Waals surface area contributed by atoms with Crippen LogP contribution in [0.3, 0.4) is 0 Å². The second kappa shape index (κ2) is 5.74. The number of carboxylic acid groups (broad SMARTS) is 1. The zero-order valence-corrected chi connectivity index (χ0v) is 12.0. The Kier molecular flexibility index (Phi) is 4.22. The molecule has 0 aliphatic heterocycles. The standard InChI is InChI=1S/C12H12BrFN2O4/c13-8-3-11(16(19)20)10(4-9(8)14)15(6-12(17)18)5-7-1-2-7/h3-4,7H,1-2,5-6H2,(H,17,18). The van der Waals surface area contributed by atoms with Crippen LogP contribution in [0.2, 0.25) is 0 Å². The molecule has 6 nitrogen and oxygen atoms in total. The van der Waals surface area contributed by atoms with Crippen LogP contribution < -0.4 is 4.90 Å². The van der Waals surface area contributed by atoms with Crippen molar-refractivity contribution < 1.29 is 19.2 Å². The minimum absolute atomic E-state index is 0.00463. The lowest BCUT2D eigenvalue weighted by Crippen LogP contribution is -2.32. The van der Waals surface area contributed by atoms with Gasteiger partial charge in [0, 0.05) is 18.7 Å². The first-order valence-corrected chi connectivity index (χ1v) is 6.78. The fourth-order valence-electron chi connectivity index (χ4n) is 1.95. The second-order valence-corrected chi connectivity index (χ2v) is 5.58. The van der Waals surface area contributed by atoms with Crippen molar-refractivity contribution in [3.8, 4) is 0 Å². The number of hydrogen-bond acceptors (Lipinski definition) is 4. The Morgan fingerprint density at radius 2 is 2.20 bits per heavy atom. The van der Waals surface area contributed by atoms with Crippen LogP contribution in [0.1, 0.15) is 12.8 Å². The summed E-state index contributed by atoms with van der Waals surface area (Å²) in [7, 11) is 0. The third kappa shape index (κ3) is 3.44. The monoisotopic (exact) mass is 346 g/mol. The molecule has 2 rings (SSSR count). The number of carbonyl (C=O) groups is 1. The molecule has 108 valence electrons. The van der Waals surface area contributed by atoms with Crippen LogP contribution in [0, 0.1) is 21.8 Å². The maximum absolute atomic E-state index is 13.6. The zero-order valence-electron chi connectivity index (χ0n) is 10.4. The van der Waals surface area contributed by atoms with Gasteiger partial charge in [-0.3, -0.25) is 14.9 Å². The smallest absolute Gasteiger partial charge is 0.323 e. The van der Waals surface area contributed by atoms with Crippen molar-refractivity contribution in [3.63, 3.8) is 0 Å². The lowest BCUT2D eigenvalue weighted by atomic mass is 10.2. The van der Waals surface area contributed by atoms with Crippen LogP contribution in [-0.4, -0.2) is 29.1 Å². The van der Waals surface area contributed by atoms with Gasteiger partial charge in [-0.25, -0.2) is 4.39 Å². The summed E-state index contributed by atoms with van der Waals surface area (Å²) in [5, 5.41) is 20.0. The minimum Gasteiger partial charge on any atom is -0.480 e. The maximum Gasteiger partial charge on any atom is 0.323 e. The number of carboxylic acids is 1. The van der Waals surface area contributed by atoms with E-state index in [0.717, 1.165) is 25.0 Å². The van der Waals surface area contributed by atoms with Gasteiger partial charge < -0.3 is 10.0 Å². The molecule has 0 spiro atoms. The molecular weight excluding hydrogens is 335 g/mol. The van der Waals surface area contributed by atoms with E-state index in [1.807, 2.05) is 0 Å². The molecule has 0 saturated heterocycles. The number of anilines is 1. The van der Waals surface area contributed by atoms with Crippen molar-refractivity contribution >= 4 is 33.3 Å². The number of rotatable bonds is 6. The van der Waals surface area contributed by atoms with Gasteiger partial charge in [0.25, 0.3) is 5.69 Å². The van der Waals surface area contributed by atoms with Gasteiger partial charge in [0.2, 0.25) is 0 Å². The van der Waals surface area contributed by atoms with Gasteiger partial charge in [0.1, 0.15) is 18.0 Å². The Morgan fingerprint density at radius 3 is 2.70 bits per heavy atom. The molecule has 1 aromatic rings. The Bertz CT molecular complexity index is 563. The fraction of sp³-hybridized carbons (Fsp3) is 0.417. The number of nitro groups is 1. The van der Waals surface area contributed by atoms with E-state index >= 15 is 0 Å². The van der Waals surface area contributed by atoms with E-state index in [0.29, 0.717) is 12.5 Å². The molecule has 1 N–H and O–H groups in total. The third-order valence-electron chi connectivity index (χ3n) is 3.06. The van der Waals surface area contributed by atoms with Crippen molar-refractivity contribution in [2.75, 3.05) is 18.0 Å². The first kappa shape index (κ1) is 14.7. The quantitative estimate of drug-likeness (QED) is 0.632. The number of halogens is 2. The van der Waals surface area contributed by atoms with Gasteiger partial charge in [-0.05, 0) is 34.7 Å². The molecule has 1 aliphatic rings. The summed E-state index contributed by atoms with van der Waals surface area (Å²) >= 11 is 2.90. The predicted molar refractivity (Wildman–Crippen MR) is 73.3 cm³/mol. The SMILES string of the molecule is O=C(O)CN(CC1CC1)c1cc(F)c(Br)cc1[N+](=O)[O-]. The predicted octanol–water partition coefficient (Wildman–Crippen LogP) is 2.80. The summed E-state index contributed by atoms with van der Waals surface area (Å²) < 4.78 is 13.6. The number of hydrogen-bond donors (Lipinski definition) is 1. The van der Waals surface area contributed by atoms with E-state index in [1.54, 1.807) is 0 Å². The summed E-state index contributed by atoms with van der Waals surface area (Å²) in [4.78, 5) is 22.7. The molecule has 0 atom stereocenters. The van der Waals surface area contributed by atoms with Crippen LogP contribution in [0.15, 0.2) is 16.6 Å². The fourth-order valence-corrected chi connectivity index (χ4v) is 2.28. The van der Waals surface area contributed by atoms with Crippen LogP contribution in [0.25, 0.3) is 0 Å². The molecule has 0 unspecified atom stereocenters. The summed E-state index contributed by atoms with van der Waals surface area (Å²) in [6, 6.07) is 2.07. The minimum atomic E-state index is -1.11. The normalized spacial score (nSPS) is 14.1. The first-order chi connectivity index (χ1) is 9.38. The molecular formula is C12H12BrFN2O4. The highest BCUT2D eigenvalue weighted by Crippen LogP contribution is 2.37.